The van der Waals surface area contributed by atoms with Gasteiger partial charge in [0.2, 0.25) is 0 Å². The minimum atomic E-state index is -0.334. The fourth-order valence-electron chi connectivity index (χ4n) is 2.31. The monoisotopic (exact) mass is 260 g/mol. The van der Waals surface area contributed by atoms with Crippen LogP contribution in [0.2, 0.25) is 0 Å². The Hall–Kier alpha value is -1.26. The minimum absolute atomic E-state index is 0.308. The molecule has 3 nitrogen and oxygen atoms in total. The van der Waals surface area contributed by atoms with Crippen molar-refractivity contribution in [1.82, 2.24) is 0 Å². The third kappa shape index (κ3) is 2.56. The fraction of sp³-hybridized carbons (Fsp3) is 0.467. The molecule has 4 heteroatoms. The summed E-state index contributed by atoms with van der Waals surface area (Å²) >= 11 is 0. The molecule has 0 saturated carbocycles. The lowest BCUT2D eigenvalue weighted by Crippen LogP contribution is -2.40. The topological polar surface area (TPSA) is 27.7 Å². The van der Waals surface area contributed by atoms with Crippen molar-refractivity contribution in [3.8, 4) is 5.75 Å². The first-order valence-electron chi connectivity index (χ1n) is 6.81. The normalized spacial score (nSPS) is 18.6. The first-order valence-corrected chi connectivity index (χ1v) is 6.81. The lowest BCUT2D eigenvalue weighted by Gasteiger charge is -2.24. The Balaban J connectivity index is 0.000000637. The van der Waals surface area contributed by atoms with E-state index < -0.39 is 0 Å². The van der Waals surface area contributed by atoms with E-state index in [0.29, 0.717) is 13.2 Å². The summed E-state index contributed by atoms with van der Waals surface area (Å²) in [6, 6.07) is 3.99. The fourth-order valence-corrected chi connectivity index (χ4v) is 2.31. The number of hydrogen-bond acceptors (Lipinski definition) is 3. The highest BCUT2D eigenvalue weighted by Gasteiger charge is 2.42. The summed E-state index contributed by atoms with van der Waals surface area (Å²) < 4.78 is 17.5. The van der Waals surface area contributed by atoms with Gasteiger partial charge in [-0.3, -0.25) is 0 Å². The van der Waals surface area contributed by atoms with Gasteiger partial charge < -0.3 is 14.0 Å². The summed E-state index contributed by atoms with van der Waals surface area (Å²) in [4.78, 5) is 0. The van der Waals surface area contributed by atoms with Crippen LogP contribution in [-0.2, 0) is 15.9 Å². The van der Waals surface area contributed by atoms with E-state index in [1.807, 2.05) is 45.9 Å². The van der Waals surface area contributed by atoms with Crippen LogP contribution < -0.4 is 10.2 Å². The summed E-state index contributed by atoms with van der Waals surface area (Å²) in [7, 11) is -0.308. The molecule has 2 aliphatic heterocycles. The summed E-state index contributed by atoms with van der Waals surface area (Å²) in [5.74, 6) is 0.874. The zero-order chi connectivity index (χ0) is 14.0. The average Bonchev–Trinajstić information content (AvgIpc) is 2.76. The SMILES string of the molecule is C=Cc1ccc2c3c1COB3OC(C)(C)CO2.CC. The van der Waals surface area contributed by atoms with Gasteiger partial charge in [0.15, 0.2) is 0 Å². The predicted molar refractivity (Wildman–Crippen MR) is 78.7 cm³/mol. The lowest BCUT2D eigenvalue weighted by molar-refractivity contribution is 0.0352. The van der Waals surface area contributed by atoms with Crippen LogP contribution in [0.3, 0.4) is 0 Å². The van der Waals surface area contributed by atoms with Gasteiger partial charge in [0, 0.05) is 5.46 Å². The zero-order valence-corrected chi connectivity index (χ0v) is 12.2. The summed E-state index contributed by atoms with van der Waals surface area (Å²) in [6.07, 6.45) is 1.84. The molecule has 0 atom stereocenters. The second kappa shape index (κ2) is 5.39. The quantitative estimate of drug-likeness (QED) is 0.727. The van der Waals surface area contributed by atoms with Gasteiger partial charge in [-0.15, -0.1) is 0 Å². The Morgan fingerprint density at radius 2 is 2.05 bits per heavy atom. The molecule has 1 aromatic carbocycles. The van der Waals surface area contributed by atoms with Crippen molar-refractivity contribution >= 4 is 18.7 Å². The highest BCUT2D eigenvalue weighted by Crippen LogP contribution is 2.29. The number of ether oxygens (including phenoxy) is 1. The van der Waals surface area contributed by atoms with Gasteiger partial charge in [-0.1, -0.05) is 32.6 Å². The van der Waals surface area contributed by atoms with Gasteiger partial charge >= 0.3 is 7.12 Å². The van der Waals surface area contributed by atoms with Crippen molar-refractivity contribution in [1.29, 1.82) is 0 Å². The van der Waals surface area contributed by atoms with Crippen LogP contribution in [-0.4, -0.2) is 19.3 Å². The Morgan fingerprint density at radius 1 is 1.32 bits per heavy atom. The van der Waals surface area contributed by atoms with Crippen LogP contribution >= 0.6 is 0 Å². The molecule has 102 valence electrons. The zero-order valence-electron chi connectivity index (χ0n) is 12.2. The maximum atomic E-state index is 5.94. The average molecular weight is 260 g/mol. The molecule has 0 amide bonds. The Morgan fingerprint density at radius 3 is 2.74 bits per heavy atom. The van der Waals surface area contributed by atoms with Crippen molar-refractivity contribution < 1.29 is 14.0 Å². The molecule has 2 aliphatic rings. The molecule has 19 heavy (non-hydrogen) atoms. The van der Waals surface area contributed by atoms with Crippen LogP contribution in [0.4, 0.5) is 0 Å². The molecular weight excluding hydrogens is 239 g/mol. The molecule has 0 unspecified atom stereocenters. The van der Waals surface area contributed by atoms with Gasteiger partial charge in [-0.05, 0) is 31.0 Å². The van der Waals surface area contributed by atoms with E-state index in [2.05, 4.69) is 6.58 Å². The molecule has 0 bridgehead atoms. The second-order valence-corrected chi connectivity index (χ2v) is 5.06. The van der Waals surface area contributed by atoms with Crippen LogP contribution in [0.15, 0.2) is 18.7 Å². The second-order valence-electron chi connectivity index (χ2n) is 5.06. The van der Waals surface area contributed by atoms with Crippen molar-refractivity contribution in [2.45, 2.75) is 39.9 Å². The molecule has 0 N–H and O–H groups in total. The van der Waals surface area contributed by atoms with E-state index in [0.717, 1.165) is 22.3 Å². The van der Waals surface area contributed by atoms with E-state index in [1.54, 1.807) is 0 Å². The van der Waals surface area contributed by atoms with Gasteiger partial charge in [-0.2, -0.15) is 0 Å². The highest BCUT2D eigenvalue weighted by molar-refractivity contribution is 6.64. The van der Waals surface area contributed by atoms with Crippen LogP contribution in [0.5, 0.6) is 5.75 Å². The smallest absolute Gasteiger partial charge is 0.491 e. The molecule has 0 fully saturated rings. The number of rotatable bonds is 1. The molecule has 2 heterocycles. The van der Waals surface area contributed by atoms with Crippen LogP contribution in [0.1, 0.15) is 38.8 Å². The van der Waals surface area contributed by atoms with E-state index in [4.69, 9.17) is 14.0 Å². The van der Waals surface area contributed by atoms with Crippen molar-refractivity contribution in [3.05, 3.63) is 29.8 Å². The first-order chi connectivity index (χ1) is 9.11. The minimum Gasteiger partial charge on any atom is -0.491 e. The molecule has 0 aromatic heterocycles. The molecular formula is C15H21BO3. The van der Waals surface area contributed by atoms with Crippen LogP contribution in [0.25, 0.3) is 6.08 Å². The summed E-state index contributed by atoms with van der Waals surface area (Å²) in [5.41, 5.74) is 2.94. The van der Waals surface area contributed by atoms with E-state index in [-0.39, 0.29) is 12.7 Å². The maximum Gasteiger partial charge on any atom is 0.498 e. The first kappa shape index (κ1) is 14.2. The third-order valence-electron chi connectivity index (χ3n) is 3.19. The molecule has 0 radical (unpaired) electrons. The van der Waals surface area contributed by atoms with Crippen molar-refractivity contribution in [2.24, 2.45) is 0 Å². The Labute approximate surface area is 115 Å². The van der Waals surface area contributed by atoms with Gasteiger partial charge in [-0.25, -0.2) is 0 Å². The molecule has 1 aromatic rings. The molecule has 3 rings (SSSR count). The Bertz CT molecular complexity index is 483. The van der Waals surface area contributed by atoms with Crippen molar-refractivity contribution in [3.63, 3.8) is 0 Å². The molecule has 0 spiro atoms. The van der Waals surface area contributed by atoms with Gasteiger partial charge in [0.1, 0.15) is 12.4 Å². The maximum absolute atomic E-state index is 5.94. The molecule has 0 saturated heterocycles. The van der Waals surface area contributed by atoms with Crippen LogP contribution in [0, 0.1) is 0 Å². The summed E-state index contributed by atoms with van der Waals surface area (Å²) in [6.45, 7) is 12.9. The third-order valence-corrected chi connectivity index (χ3v) is 3.19. The molecule has 0 aliphatic carbocycles. The lowest BCUT2D eigenvalue weighted by atomic mass is 9.76. The number of hydrogen-bond donors (Lipinski definition) is 0. The standard InChI is InChI=1S/C13H15BO3.C2H6/c1-4-9-5-6-11-12-10(9)7-16-14(12)17-13(2,3)8-15-11;1-2/h4-6H,1,7-8H2,2-3H3;1-2H3. The van der Waals surface area contributed by atoms with E-state index >= 15 is 0 Å². The number of benzene rings is 1. The van der Waals surface area contributed by atoms with Gasteiger partial charge in [0.05, 0.1) is 12.2 Å². The Kier molecular flexibility index (Phi) is 4.02. The summed E-state index contributed by atoms with van der Waals surface area (Å²) in [5, 5.41) is 0. The van der Waals surface area contributed by atoms with Gasteiger partial charge in [0.25, 0.3) is 0 Å². The predicted octanol–water partition coefficient (Wildman–Crippen LogP) is 2.77. The largest absolute Gasteiger partial charge is 0.498 e. The van der Waals surface area contributed by atoms with Crippen molar-refractivity contribution in [2.75, 3.05) is 6.61 Å². The van der Waals surface area contributed by atoms with E-state index in [1.165, 1.54) is 0 Å². The van der Waals surface area contributed by atoms with E-state index in [9.17, 15) is 0 Å². The highest BCUT2D eigenvalue weighted by atomic mass is 16.6.